The molecule has 17 heavy (non-hydrogen) atoms. The molecule has 4 heteroatoms. The van der Waals surface area contributed by atoms with Gasteiger partial charge in [0.05, 0.1) is 6.54 Å². The standard InChI is InChI=1S/C13H21N3O/c1-4-16(10-13(17)15(2)3)12-7-5-11(9-14)6-8-12/h5-8H,4,9-10,14H2,1-3H3. The van der Waals surface area contributed by atoms with E-state index in [9.17, 15) is 4.79 Å². The zero-order valence-corrected chi connectivity index (χ0v) is 10.8. The molecule has 0 saturated carbocycles. The molecule has 0 aliphatic heterocycles. The fourth-order valence-corrected chi connectivity index (χ4v) is 1.53. The summed E-state index contributed by atoms with van der Waals surface area (Å²) in [5.41, 5.74) is 7.71. The van der Waals surface area contributed by atoms with Crippen molar-refractivity contribution in [3.63, 3.8) is 0 Å². The summed E-state index contributed by atoms with van der Waals surface area (Å²) in [6, 6.07) is 8.01. The first-order valence-electron chi connectivity index (χ1n) is 5.82. The van der Waals surface area contributed by atoms with Crippen molar-refractivity contribution in [2.45, 2.75) is 13.5 Å². The second-order valence-electron chi connectivity index (χ2n) is 4.17. The van der Waals surface area contributed by atoms with E-state index in [0.717, 1.165) is 17.8 Å². The normalized spacial score (nSPS) is 10.1. The van der Waals surface area contributed by atoms with Gasteiger partial charge in [-0.15, -0.1) is 0 Å². The van der Waals surface area contributed by atoms with Crippen LogP contribution in [0.4, 0.5) is 5.69 Å². The number of nitrogens with zero attached hydrogens (tertiary/aromatic N) is 2. The largest absolute Gasteiger partial charge is 0.362 e. The van der Waals surface area contributed by atoms with Crippen molar-refractivity contribution in [2.75, 3.05) is 32.1 Å². The summed E-state index contributed by atoms with van der Waals surface area (Å²) in [6.45, 7) is 3.80. The zero-order valence-electron chi connectivity index (χ0n) is 10.8. The highest BCUT2D eigenvalue weighted by Crippen LogP contribution is 2.14. The van der Waals surface area contributed by atoms with Crippen LogP contribution in [0.1, 0.15) is 12.5 Å². The molecule has 0 aliphatic rings. The van der Waals surface area contributed by atoms with Gasteiger partial charge < -0.3 is 15.5 Å². The summed E-state index contributed by atoms with van der Waals surface area (Å²) >= 11 is 0. The average Bonchev–Trinajstić information content (AvgIpc) is 2.35. The second-order valence-corrected chi connectivity index (χ2v) is 4.17. The lowest BCUT2D eigenvalue weighted by molar-refractivity contribution is -0.127. The Labute approximate surface area is 103 Å². The van der Waals surface area contributed by atoms with Gasteiger partial charge in [-0.3, -0.25) is 4.79 Å². The molecule has 0 radical (unpaired) electrons. The molecule has 1 rings (SSSR count). The fourth-order valence-electron chi connectivity index (χ4n) is 1.53. The van der Waals surface area contributed by atoms with Crippen molar-refractivity contribution >= 4 is 11.6 Å². The first kappa shape index (κ1) is 13.5. The molecule has 94 valence electrons. The summed E-state index contributed by atoms with van der Waals surface area (Å²) < 4.78 is 0. The Morgan fingerprint density at radius 1 is 1.24 bits per heavy atom. The summed E-state index contributed by atoms with van der Waals surface area (Å²) in [4.78, 5) is 15.3. The van der Waals surface area contributed by atoms with E-state index in [1.54, 1.807) is 19.0 Å². The topological polar surface area (TPSA) is 49.6 Å². The molecule has 4 nitrogen and oxygen atoms in total. The van der Waals surface area contributed by atoms with Gasteiger partial charge in [0.25, 0.3) is 0 Å². The number of anilines is 1. The Hall–Kier alpha value is -1.55. The van der Waals surface area contributed by atoms with Crippen LogP contribution in [0.15, 0.2) is 24.3 Å². The smallest absolute Gasteiger partial charge is 0.241 e. The number of amides is 1. The van der Waals surface area contributed by atoms with Crippen molar-refractivity contribution in [3.05, 3.63) is 29.8 Å². The van der Waals surface area contributed by atoms with Gasteiger partial charge in [-0.1, -0.05) is 12.1 Å². The fraction of sp³-hybridized carbons (Fsp3) is 0.462. The minimum Gasteiger partial charge on any atom is -0.362 e. The Kier molecular flexibility index (Phi) is 4.97. The van der Waals surface area contributed by atoms with Gasteiger partial charge in [0.15, 0.2) is 0 Å². The van der Waals surface area contributed by atoms with Crippen LogP contribution in [-0.2, 0) is 11.3 Å². The van der Waals surface area contributed by atoms with Crippen LogP contribution in [0.25, 0.3) is 0 Å². The van der Waals surface area contributed by atoms with Crippen molar-refractivity contribution in [3.8, 4) is 0 Å². The van der Waals surface area contributed by atoms with Crippen LogP contribution in [0, 0.1) is 0 Å². The van der Waals surface area contributed by atoms with Crippen LogP contribution >= 0.6 is 0 Å². The van der Waals surface area contributed by atoms with E-state index in [2.05, 4.69) is 0 Å². The molecule has 0 spiro atoms. The van der Waals surface area contributed by atoms with Gasteiger partial charge in [-0.05, 0) is 24.6 Å². The van der Waals surface area contributed by atoms with Crippen molar-refractivity contribution in [1.82, 2.24) is 4.90 Å². The molecule has 0 fully saturated rings. The Balaban J connectivity index is 2.75. The van der Waals surface area contributed by atoms with E-state index in [4.69, 9.17) is 5.73 Å². The van der Waals surface area contributed by atoms with Gasteiger partial charge in [-0.2, -0.15) is 0 Å². The van der Waals surface area contributed by atoms with Crippen LogP contribution in [0.5, 0.6) is 0 Å². The SMILES string of the molecule is CCN(CC(=O)N(C)C)c1ccc(CN)cc1. The minimum absolute atomic E-state index is 0.106. The third-order valence-electron chi connectivity index (χ3n) is 2.74. The van der Waals surface area contributed by atoms with Crippen LogP contribution in [-0.4, -0.2) is 38.0 Å². The molecule has 0 aromatic heterocycles. The summed E-state index contributed by atoms with van der Waals surface area (Å²) in [5.74, 6) is 0.106. The number of carbonyl (C=O) groups is 1. The lowest BCUT2D eigenvalue weighted by Gasteiger charge is -2.24. The van der Waals surface area contributed by atoms with Gasteiger partial charge >= 0.3 is 0 Å². The predicted molar refractivity (Wildman–Crippen MR) is 70.9 cm³/mol. The molecule has 0 saturated heterocycles. The zero-order chi connectivity index (χ0) is 12.8. The molecular formula is C13H21N3O. The Morgan fingerprint density at radius 2 is 1.82 bits per heavy atom. The molecule has 0 atom stereocenters. The van der Waals surface area contributed by atoms with Crippen molar-refractivity contribution in [2.24, 2.45) is 5.73 Å². The van der Waals surface area contributed by atoms with Crippen LogP contribution in [0.3, 0.4) is 0 Å². The lowest BCUT2D eigenvalue weighted by Crippen LogP contribution is -2.36. The summed E-state index contributed by atoms with van der Waals surface area (Å²) in [5, 5.41) is 0. The molecular weight excluding hydrogens is 214 g/mol. The lowest BCUT2D eigenvalue weighted by atomic mass is 10.2. The minimum atomic E-state index is 0.106. The number of rotatable bonds is 5. The van der Waals surface area contributed by atoms with E-state index in [1.807, 2.05) is 36.1 Å². The van der Waals surface area contributed by atoms with E-state index >= 15 is 0 Å². The third-order valence-corrected chi connectivity index (χ3v) is 2.74. The van der Waals surface area contributed by atoms with E-state index in [0.29, 0.717) is 13.1 Å². The van der Waals surface area contributed by atoms with Gasteiger partial charge in [0, 0.05) is 32.9 Å². The quantitative estimate of drug-likeness (QED) is 0.830. The number of hydrogen-bond donors (Lipinski definition) is 1. The molecule has 0 unspecified atom stereocenters. The van der Waals surface area contributed by atoms with Gasteiger partial charge in [-0.25, -0.2) is 0 Å². The number of hydrogen-bond acceptors (Lipinski definition) is 3. The Morgan fingerprint density at radius 3 is 2.24 bits per heavy atom. The molecule has 0 aliphatic carbocycles. The number of likely N-dealkylation sites (N-methyl/N-ethyl adjacent to an activating group) is 2. The molecule has 1 aromatic carbocycles. The Bertz CT molecular complexity index is 359. The molecule has 0 bridgehead atoms. The molecule has 0 heterocycles. The molecule has 2 N–H and O–H groups in total. The van der Waals surface area contributed by atoms with Gasteiger partial charge in [0.2, 0.25) is 5.91 Å². The first-order valence-corrected chi connectivity index (χ1v) is 5.82. The maximum Gasteiger partial charge on any atom is 0.241 e. The number of benzene rings is 1. The maximum atomic E-state index is 11.7. The maximum absolute atomic E-state index is 11.7. The summed E-state index contributed by atoms with van der Waals surface area (Å²) in [6.07, 6.45) is 0. The highest BCUT2D eigenvalue weighted by molar-refractivity contribution is 5.81. The third kappa shape index (κ3) is 3.75. The molecule has 1 aromatic rings. The second kappa shape index (κ2) is 6.25. The van der Waals surface area contributed by atoms with E-state index < -0.39 is 0 Å². The van der Waals surface area contributed by atoms with Crippen LogP contribution in [0.2, 0.25) is 0 Å². The first-order chi connectivity index (χ1) is 8.08. The predicted octanol–water partition coefficient (Wildman–Crippen LogP) is 1.06. The van der Waals surface area contributed by atoms with Crippen molar-refractivity contribution < 1.29 is 4.79 Å². The number of nitrogens with two attached hydrogens (primary N) is 1. The molecule has 1 amide bonds. The highest BCUT2D eigenvalue weighted by Gasteiger charge is 2.11. The van der Waals surface area contributed by atoms with Gasteiger partial charge in [0.1, 0.15) is 0 Å². The summed E-state index contributed by atoms with van der Waals surface area (Å²) in [7, 11) is 3.54. The highest BCUT2D eigenvalue weighted by atomic mass is 16.2. The number of carbonyl (C=O) groups excluding carboxylic acids is 1. The monoisotopic (exact) mass is 235 g/mol. The van der Waals surface area contributed by atoms with Crippen molar-refractivity contribution in [1.29, 1.82) is 0 Å². The van der Waals surface area contributed by atoms with Crippen LogP contribution < -0.4 is 10.6 Å². The van der Waals surface area contributed by atoms with E-state index in [1.165, 1.54) is 0 Å². The average molecular weight is 235 g/mol. The van der Waals surface area contributed by atoms with E-state index in [-0.39, 0.29) is 5.91 Å².